The van der Waals surface area contributed by atoms with Crippen molar-refractivity contribution in [3.63, 3.8) is 0 Å². The van der Waals surface area contributed by atoms with E-state index in [2.05, 4.69) is 54.2 Å². The molecular formula is C29H56S. The molecule has 3 aliphatic rings. The van der Waals surface area contributed by atoms with E-state index in [1.54, 1.807) is 31.9 Å². The van der Waals surface area contributed by atoms with E-state index in [0.717, 1.165) is 40.9 Å². The van der Waals surface area contributed by atoms with Crippen LogP contribution in [-0.2, 0) is 0 Å². The second-order valence-corrected chi connectivity index (χ2v) is 12.2. The second kappa shape index (κ2) is 12.0. The van der Waals surface area contributed by atoms with Gasteiger partial charge in [-0.3, -0.25) is 0 Å². The van der Waals surface area contributed by atoms with E-state index < -0.39 is 0 Å². The smallest absolute Gasteiger partial charge is 0.0215 e. The van der Waals surface area contributed by atoms with Crippen LogP contribution in [-0.4, -0.2) is 6.26 Å². The van der Waals surface area contributed by atoms with Gasteiger partial charge in [0.2, 0.25) is 0 Å². The van der Waals surface area contributed by atoms with Crippen LogP contribution in [0.3, 0.4) is 0 Å². The molecule has 0 aromatic carbocycles. The van der Waals surface area contributed by atoms with Crippen LogP contribution in [0.15, 0.2) is 0 Å². The molecule has 0 nitrogen and oxygen atoms in total. The number of thiol groups is 1. The van der Waals surface area contributed by atoms with Crippen LogP contribution in [0, 0.1) is 46.3 Å². The van der Waals surface area contributed by atoms with Crippen LogP contribution in [0.1, 0.15) is 131 Å². The third kappa shape index (κ3) is 6.92. The van der Waals surface area contributed by atoms with E-state index in [4.69, 9.17) is 0 Å². The zero-order valence-corrected chi connectivity index (χ0v) is 22.7. The first-order chi connectivity index (χ1) is 14.3. The molecule has 0 aromatic rings. The van der Waals surface area contributed by atoms with Gasteiger partial charge < -0.3 is 0 Å². The summed E-state index contributed by atoms with van der Waals surface area (Å²) < 4.78 is 0. The third-order valence-electron chi connectivity index (χ3n) is 10.1. The van der Waals surface area contributed by atoms with Crippen molar-refractivity contribution in [2.45, 2.75) is 131 Å². The molecule has 8 atom stereocenters. The molecule has 0 heterocycles. The van der Waals surface area contributed by atoms with Crippen LogP contribution in [0.2, 0.25) is 0 Å². The van der Waals surface area contributed by atoms with E-state index in [1.807, 2.05) is 0 Å². The Morgan fingerprint density at radius 2 is 1.63 bits per heavy atom. The summed E-state index contributed by atoms with van der Waals surface area (Å²) in [6, 6.07) is 0. The lowest BCUT2D eigenvalue weighted by Gasteiger charge is -2.38. The second-order valence-electron chi connectivity index (χ2n) is 12.2. The Kier molecular flexibility index (Phi) is 10.6. The van der Waals surface area contributed by atoms with Crippen LogP contribution in [0.25, 0.3) is 0 Å². The SMILES string of the molecule is CCCCC(CC)CCC(C)C(CCC1(C)CC1CC)C1CCC2CC2(C)C1.CS. The zero-order chi connectivity index (χ0) is 22.4. The highest BCUT2D eigenvalue weighted by molar-refractivity contribution is 7.79. The van der Waals surface area contributed by atoms with Crippen molar-refractivity contribution in [1.29, 1.82) is 0 Å². The molecule has 3 fully saturated rings. The lowest BCUT2D eigenvalue weighted by molar-refractivity contribution is 0.124. The van der Waals surface area contributed by atoms with Crippen LogP contribution in [0.4, 0.5) is 0 Å². The molecule has 0 saturated heterocycles. The highest BCUT2D eigenvalue weighted by Crippen LogP contribution is 2.64. The Bertz CT molecular complexity index is 487. The maximum atomic E-state index is 3.53. The lowest BCUT2D eigenvalue weighted by atomic mass is 9.68. The summed E-state index contributed by atoms with van der Waals surface area (Å²) >= 11 is 3.53. The summed E-state index contributed by atoms with van der Waals surface area (Å²) in [7, 11) is 0. The minimum atomic E-state index is 0.709. The summed E-state index contributed by atoms with van der Waals surface area (Å²) in [6.07, 6.45) is 22.6. The molecule has 0 aliphatic heterocycles. The van der Waals surface area contributed by atoms with E-state index in [9.17, 15) is 0 Å². The monoisotopic (exact) mass is 436 g/mol. The van der Waals surface area contributed by atoms with E-state index in [1.165, 1.54) is 64.2 Å². The summed E-state index contributed by atoms with van der Waals surface area (Å²) in [6.45, 7) is 15.0. The van der Waals surface area contributed by atoms with Gasteiger partial charge in [-0.2, -0.15) is 12.6 Å². The van der Waals surface area contributed by atoms with E-state index >= 15 is 0 Å². The number of rotatable bonds is 13. The number of fused-ring (bicyclic) bond motifs is 1. The van der Waals surface area contributed by atoms with Crippen molar-refractivity contribution in [3.8, 4) is 0 Å². The number of hydrogen-bond donors (Lipinski definition) is 1. The number of unbranched alkanes of at least 4 members (excludes halogenated alkanes) is 1. The standard InChI is InChI=1S/C28H52.CH4S/c1-7-10-11-22(8-2)13-12-21(4)26(16-17-27(5)19-24(27)9-3)23-14-15-25-20-28(25,6)18-23;1-2/h21-26H,7-20H2,1-6H3;2H,1H3. The van der Waals surface area contributed by atoms with Crippen molar-refractivity contribution >= 4 is 12.6 Å². The van der Waals surface area contributed by atoms with E-state index in [-0.39, 0.29) is 0 Å². The topological polar surface area (TPSA) is 0 Å². The quantitative estimate of drug-likeness (QED) is 0.273. The predicted octanol–water partition coefficient (Wildman–Crippen LogP) is 9.82. The molecule has 3 aliphatic carbocycles. The third-order valence-corrected chi connectivity index (χ3v) is 10.1. The highest BCUT2D eigenvalue weighted by atomic mass is 32.1. The van der Waals surface area contributed by atoms with Crippen LogP contribution < -0.4 is 0 Å². The van der Waals surface area contributed by atoms with Gasteiger partial charge in [0.15, 0.2) is 0 Å². The largest absolute Gasteiger partial charge is 0.183 e. The Morgan fingerprint density at radius 3 is 2.20 bits per heavy atom. The van der Waals surface area contributed by atoms with Gasteiger partial charge >= 0.3 is 0 Å². The predicted molar refractivity (Wildman–Crippen MR) is 139 cm³/mol. The first-order valence-corrected chi connectivity index (χ1v) is 14.7. The molecule has 0 bridgehead atoms. The van der Waals surface area contributed by atoms with Crippen molar-refractivity contribution in [2.24, 2.45) is 46.3 Å². The minimum Gasteiger partial charge on any atom is -0.183 e. The summed E-state index contributed by atoms with van der Waals surface area (Å²) in [4.78, 5) is 0. The molecule has 30 heavy (non-hydrogen) atoms. The summed E-state index contributed by atoms with van der Waals surface area (Å²) in [5.41, 5.74) is 1.46. The van der Waals surface area contributed by atoms with Gasteiger partial charge in [0.05, 0.1) is 0 Å². The molecule has 0 spiro atoms. The molecule has 8 unspecified atom stereocenters. The zero-order valence-electron chi connectivity index (χ0n) is 21.8. The first-order valence-electron chi connectivity index (χ1n) is 13.8. The Hall–Kier alpha value is 0.350. The molecule has 3 saturated carbocycles. The Labute approximate surface area is 196 Å². The number of hydrogen-bond acceptors (Lipinski definition) is 1. The van der Waals surface area contributed by atoms with Gasteiger partial charge in [0, 0.05) is 0 Å². The molecule has 0 radical (unpaired) electrons. The van der Waals surface area contributed by atoms with Gasteiger partial charge in [-0.15, -0.1) is 0 Å². The average molecular weight is 437 g/mol. The first kappa shape index (κ1) is 26.6. The Balaban J connectivity index is 0.00000155. The molecule has 3 rings (SSSR count). The molecule has 1 heteroatoms. The average Bonchev–Trinajstić information content (AvgIpc) is 3.62. The van der Waals surface area contributed by atoms with Crippen molar-refractivity contribution in [3.05, 3.63) is 0 Å². The molecule has 0 N–H and O–H groups in total. The molecule has 0 amide bonds. The minimum absolute atomic E-state index is 0.709. The van der Waals surface area contributed by atoms with Gasteiger partial charge in [0.1, 0.15) is 0 Å². The molecular weight excluding hydrogens is 380 g/mol. The van der Waals surface area contributed by atoms with Gasteiger partial charge in [-0.1, -0.05) is 86.5 Å². The van der Waals surface area contributed by atoms with Gasteiger partial charge in [-0.25, -0.2) is 0 Å². The van der Waals surface area contributed by atoms with Crippen LogP contribution in [0.5, 0.6) is 0 Å². The van der Waals surface area contributed by atoms with Crippen LogP contribution >= 0.6 is 12.6 Å². The normalized spacial score (nSPS) is 37.4. The Morgan fingerprint density at radius 1 is 0.900 bits per heavy atom. The maximum Gasteiger partial charge on any atom is -0.0215 e. The highest BCUT2D eigenvalue weighted by Gasteiger charge is 2.54. The molecule has 0 aromatic heterocycles. The fraction of sp³-hybridized carbons (Fsp3) is 1.00. The van der Waals surface area contributed by atoms with Crippen molar-refractivity contribution < 1.29 is 0 Å². The molecule has 178 valence electrons. The fourth-order valence-electron chi connectivity index (χ4n) is 7.37. The maximum absolute atomic E-state index is 3.53. The lowest BCUT2D eigenvalue weighted by Crippen LogP contribution is -2.28. The fourth-order valence-corrected chi connectivity index (χ4v) is 7.37. The van der Waals surface area contributed by atoms with Gasteiger partial charge in [0.25, 0.3) is 0 Å². The summed E-state index contributed by atoms with van der Waals surface area (Å²) in [5.74, 6) is 6.13. The van der Waals surface area contributed by atoms with Crippen molar-refractivity contribution in [2.75, 3.05) is 6.26 Å². The van der Waals surface area contributed by atoms with Gasteiger partial charge in [-0.05, 0) is 97.5 Å². The summed E-state index contributed by atoms with van der Waals surface area (Å²) in [5, 5.41) is 0. The van der Waals surface area contributed by atoms with Crippen molar-refractivity contribution in [1.82, 2.24) is 0 Å². The van der Waals surface area contributed by atoms with E-state index in [0.29, 0.717) is 5.41 Å².